The molecule has 2 aromatic carbocycles. The zero-order valence-electron chi connectivity index (χ0n) is 16.1. The molecule has 1 heterocycles. The number of hydrogen-bond acceptors (Lipinski definition) is 4. The molecule has 2 amide bonds. The summed E-state index contributed by atoms with van der Waals surface area (Å²) < 4.78 is 24.0. The van der Waals surface area contributed by atoms with Crippen molar-refractivity contribution in [3.8, 4) is 5.75 Å². The Bertz CT molecular complexity index is 981. The van der Waals surface area contributed by atoms with Crippen molar-refractivity contribution in [3.05, 3.63) is 89.1 Å². The SMILES string of the molecule is CNC(=O)c1ccc(CN(C)C(=O)c2ccc(COc3ccc(F)cc3)o2)cc1. The molecule has 7 heteroatoms. The largest absolute Gasteiger partial charge is 0.486 e. The van der Waals surface area contributed by atoms with Gasteiger partial charge in [-0.15, -0.1) is 0 Å². The summed E-state index contributed by atoms with van der Waals surface area (Å²) in [6.07, 6.45) is 0. The van der Waals surface area contributed by atoms with E-state index in [1.807, 2.05) is 0 Å². The molecule has 0 bridgehead atoms. The Morgan fingerprint density at radius 2 is 1.72 bits per heavy atom. The van der Waals surface area contributed by atoms with Crippen LogP contribution >= 0.6 is 0 Å². The number of furan rings is 1. The first-order chi connectivity index (χ1) is 14.0. The van der Waals surface area contributed by atoms with Crippen molar-refractivity contribution >= 4 is 11.8 Å². The molecule has 150 valence electrons. The maximum atomic E-state index is 12.9. The molecule has 3 aromatic rings. The van der Waals surface area contributed by atoms with Crippen LogP contribution in [-0.2, 0) is 13.2 Å². The van der Waals surface area contributed by atoms with Crippen molar-refractivity contribution < 1.29 is 23.1 Å². The number of hydrogen-bond donors (Lipinski definition) is 1. The Morgan fingerprint density at radius 1 is 1.03 bits per heavy atom. The van der Waals surface area contributed by atoms with Gasteiger partial charge in [0.25, 0.3) is 11.8 Å². The molecule has 3 rings (SSSR count). The zero-order valence-corrected chi connectivity index (χ0v) is 16.1. The molecule has 0 saturated carbocycles. The molecule has 1 aromatic heterocycles. The molecule has 29 heavy (non-hydrogen) atoms. The highest BCUT2D eigenvalue weighted by Crippen LogP contribution is 2.17. The van der Waals surface area contributed by atoms with E-state index in [4.69, 9.17) is 9.15 Å². The van der Waals surface area contributed by atoms with Crippen LogP contribution in [0.5, 0.6) is 5.75 Å². The Hall–Kier alpha value is -3.61. The Kier molecular flexibility index (Phi) is 6.29. The fraction of sp³-hybridized carbons (Fsp3) is 0.182. The minimum atomic E-state index is -0.338. The molecule has 0 aliphatic heterocycles. The lowest BCUT2D eigenvalue weighted by atomic mass is 10.1. The number of benzene rings is 2. The van der Waals surface area contributed by atoms with E-state index in [0.29, 0.717) is 23.6 Å². The molecule has 0 atom stereocenters. The second kappa shape index (κ2) is 9.05. The zero-order chi connectivity index (χ0) is 20.8. The van der Waals surface area contributed by atoms with Gasteiger partial charge in [0.1, 0.15) is 23.9 Å². The molecule has 1 N–H and O–H groups in total. The van der Waals surface area contributed by atoms with E-state index in [1.165, 1.54) is 29.2 Å². The topological polar surface area (TPSA) is 71.8 Å². The van der Waals surface area contributed by atoms with Crippen LogP contribution < -0.4 is 10.1 Å². The summed E-state index contributed by atoms with van der Waals surface area (Å²) in [6, 6.07) is 16.0. The van der Waals surface area contributed by atoms with E-state index in [-0.39, 0.29) is 30.0 Å². The smallest absolute Gasteiger partial charge is 0.289 e. The number of nitrogens with one attached hydrogen (secondary N) is 1. The second-order valence-corrected chi connectivity index (χ2v) is 6.45. The maximum Gasteiger partial charge on any atom is 0.289 e. The minimum absolute atomic E-state index is 0.129. The van der Waals surface area contributed by atoms with E-state index >= 15 is 0 Å². The van der Waals surface area contributed by atoms with Gasteiger partial charge in [0.05, 0.1) is 0 Å². The number of rotatable bonds is 7. The summed E-state index contributed by atoms with van der Waals surface area (Å²) in [6.45, 7) is 0.499. The average Bonchev–Trinajstić information content (AvgIpc) is 3.21. The van der Waals surface area contributed by atoms with Gasteiger partial charge in [-0.05, 0) is 54.1 Å². The molecule has 0 unspecified atom stereocenters. The van der Waals surface area contributed by atoms with E-state index < -0.39 is 0 Å². The van der Waals surface area contributed by atoms with Gasteiger partial charge in [-0.3, -0.25) is 9.59 Å². The van der Waals surface area contributed by atoms with Gasteiger partial charge in [0.2, 0.25) is 0 Å². The van der Waals surface area contributed by atoms with Crippen LogP contribution in [0, 0.1) is 5.82 Å². The molecule has 0 aliphatic rings. The van der Waals surface area contributed by atoms with Crippen LogP contribution in [0.3, 0.4) is 0 Å². The summed E-state index contributed by atoms with van der Waals surface area (Å²) >= 11 is 0. The van der Waals surface area contributed by atoms with Crippen LogP contribution in [0.2, 0.25) is 0 Å². The predicted molar refractivity (Wildman–Crippen MR) is 105 cm³/mol. The number of carbonyl (C=O) groups is 2. The normalized spacial score (nSPS) is 10.4. The predicted octanol–water partition coefficient (Wildman–Crippen LogP) is 3.63. The Labute approximate surface area is 167 Å². The van der Waals surface area contributed by atoms with Crippen LogP contribution in [0.15, 0.2) is 65.1 Å². The molecule has 0 saturated heterocycles. The fourth-order valence-corrected chi connectivity index (χ4v) is 2.70. The summed E-state index contributed by atoms with van der Waals surface area (Å²) in [4.78, 5) is 25.7. The number of halogens is 1. The van der Waals surface area contributed by atoms with Crippen molar-refractivity contribution in [1.29, 1.82) is 0 Å². The monoisotopic (exact) mass is 396 g/mol. The third-order valence-electron chi connectivity index (χ3n) is 4.28. The summed E-state index contributed by atoms with van der Waals surface area (Å²) in [7, 11) is 3.25. The van der Waals surface area contributed by atoms with E-state index in [9.17, 15) is 14.0 Å². The van der Waals surface area contributed by atoms with Gasteiger partial charge in [-0.25, -0.2) is 4.39 Å². The first kappa shape index (κ1) is 20.1. The first-order valence-corrected chi connectivity index (χ1v) is 9.00. The summed E-state index contributed by atoms with van der Waals surface area (Å²) in [5, 5.41) is 2.56. The lowest BCUT2D eigenvalue weighted by Crippen LogP contribution is -2.26. The van der Waals surface area contributed by atoms with Crippen LogP contribution in [-0.4, -0.2) is 30.8 Å². The maximum absolute atomic E-state index is 12.9. The highest BCUT2D eigenvalue weighted by molar-refractivity contribution is 5.94. The quantitative estimate of drug-likeness (QED) is 0.662. The molecular formula is C22H21FN2O4. The van der Waals surface area contributed by atoms with E-state index in [2.05, 4.69) is 5.32 Å². The number of carbonyl (C=O) groups excluding carboxylic acids is 2. The number of amides is 2. The number of ether oxygens (including phenoxy) is 1. The highest BCUT2D eigenvalue weighted by Gasteiger charge is 2.17. The Morgan fingerprint density at radius 3 is 2.38 bits per heavy atom. The summed E-state index contributed by atoms with van der Waals surface area (Å²) in [5.41, 5.74) is 1.45. The van der Waals surface area contributed by atoms with Crippen LogP contribution in [0.25, 0.3) is 0 Å². The first-order valence-electron chi connectivity index (χ1n) is 9.00. The van der Waals surface area contributed by atoms with E-state index in [1.54, 1.807) is 50.5 Å². The molecule has 0 radical (unpaired) electrons. The van der Waals surface area contributed by atoms with Crippen LogP contribution in [0.4, 0.5) is 4.39 Å². The van der Waals surface area contributed by atoms with Crippen molar-refractivity contribution in [3.63, 3.8) is 0 Å². The average molecular weight is 396 g/mol. The highest BCUT2D eigenvalue weighted by atomic mass is 19.1. The molecular weight excluding hydrogens is 375 g/mol. The van der Waals surface area contributed by atoms with E-state index in [0.717, 1.165) is 5.56 Å². The van der Waals surface area contributed by atoms with Crippen molar-refractivity contribution in [2.24, 2.45) is 0 Å². The van der Waals surface area contributed by atoms with Gasteiger partial charge in [-0.1, -0.05) is 12.1 Å². The van der Waals surface area contributed by atoms with Gasteiger partial charge < -0.3 is 19.4 Å². The van der Waals surface area contributed by atoms with Crippen LogP contribution in [0.1, 0.15) is 32.2 Å². The molecule has 0 fully saturated rings. The van der Waals surface area contributed by atoms with Gasteiger partial charge >= 0.3 is 0 Å². The number of nitrogens with zero attached hydrogens (tertiary/aromatic N) is 1. The minimum Gasteiger partial charge on any atom is -0.486 e. The molecule has 0 spiro atoms. The third kappa shape index (κ3) is 5.22. The lowest BCUT2D eigenvalue weighted by molar-refractivity contribution is 0.0749. The third-order valence-corrected chi connectivity index (χ3v) is 4.28. The standard InChI is InChI=1S/C22H21FN2O4/c1-24-21(26)16-5-3-15(4-6-16)13-25(2)22(27)20-12-11-19(29-20)14-28-18-9-7-17(23)8-10-18/h3-12H,13-14H2,1-2H3,(H,24,26). The lowest BCUT2D eigenvalue weighted by Gasteiger charge is -2.16. The molecule has 6 nitrogen and oxygen atoms in total. The molecule has 0 aliphatic carbocycles. The Balaban J connectivity index is 1.57. The second-order valence-electron chi connectivity index (χ2n) is 6.45. The van der Waals surface area contributed by atoms with Gasteiger partial charge in [0.15, 0.2) is 5.76 Å². The fourth-order valence-electron chi connectivity index (χ4n) is 2.70. The van der Waals surface area contributed by atoms with Crippen molar-refractivity contribution in [2.45, 2.75) is 13.2 Å². The van der Waals surface area contributed by atoms with Crippen molar-refractivity contribution in [1.82, 2.24) is 10.2 Å². The van der Waals surface area contributed by atoms with Gasteiger partial charge in [-0.2, -0.15) is 0 Å². The van der Waals surface area contributed by atoms with Crippen molar-refractivity contribution in [2.75, 3.05) is 14.1 Å². The van der Waals surface area contributed by atoms with Gasteiger partial charge in [0, 0.05) is 26.2 Å². The summed E-state index contributed by atoms with van der Waals surface area (Å²) in [5.74, 6) is 0.427.